The van der Waals surface area contributed by atoms with E-state index in [1.165, 1.54) is 14.8 Å². The summed E-state index contributed by atoms with van der Waals surface area (Å²) in [6.45, 7) is 2.52. The molecule has 0 saturated carbocycles. The van der Waals surface area contributed by atoms with Gasteiger partial charge in [-0.2, -0.15) is 5.10 Å². The summed E-state index contributed by atoms with van der Waals surface area (Å²) < 4.78 is 4.63. The van der Waals surface area contributed by atoms with E-state index >= 15 is 0 Å². The van der Waals surface area contributed by atoms with Gasteiger partial charge in [0.15, 0.2) is 0 Å². The monoisotopic (exact) mass is 531 g/mol. The van der Waals surface area contributed by atoms with Crippen LogP contribution in [0, 0.1) is 6.92 Å². The Labute approximate surface area is 225 Å². The van der Waals surface area contributed by atoms with Gasteiger partial charge in [-0.05, 0) is 24.5 Å². The molecule has 4 amide bonds. The highest BCUT2D eigenvalue weighted by Gasteiger charge is 2.66. The molecule has 194 valence electrons. The van der Waals surface area contributed by atoms with Crippen LogP contribution in [0.2, 0.25) is 0 Å². The van der Waals surface area contributed by atoms with Crippen LogP contribution in [-0.4, -0.2) is 88.8 Å². The van der Waals surface area contributed by atoms with E-state index in [1.54, 1.807) is 6.21 Å². The van der Waals surface area contributed by atoms with Gasteiger partial charge in [0.2, 0.25) is 16.7 Å². The third-order valence-electron chi connectivity index (χ3n) is 6.85. The number of β-lactam (4-membered cyclic amide) rings is 1. The average molecular weight is 531 g/mol. The first-order valence-electron chi connectivity index (χ1n) is 12.2. The van der Waals surface area contributed by atoms with E-state index in [-0.39, 0.29) is 31.3 Å². The maximum Gasteiger partial charge on any atom is 0.378 e. The number of urea groups is 1. The quantitative estimate of drug-likeness (QED) is 0.329. The first-order chi connectivity index (χ1) is 18.3. The molecule has 3 fully saturated rings. The first-order valence-corrected chi connectivity index (χ1v) is 13.1. The molecule has 3 aliphatic heterocycles. The lowest BCUT2D eigenvalue weighted by Gasteiger charge is -2.42. The van der Waals surface area contributed by atoms with Gasteiger partial charge >= 0.3 is 20.0 Å². The molecule has 3 atom stereocenters. The summed E-state index contributed by atoms with van der Waals surface area (Å²) in [4.78, 5) is 53.4. The molecule has 0 aromatic heterocycles. The van der Waals surface area contributed by atoms with Crippen LogP contribution in [0.5, 0.6) is 0 Å². The van der Waals surface area contributed by atoms with Gasteiger partial charge in [0, 0.05) is 13.1 Å². The maximum atomic E-state index is 13.5. The molecule has 10 nitrogen and oxygen atoms in total. The number of hydrogen-bond acceptors (Lipinski definition) is 7. The van der Waals surface area contributed by atoms with Crippen molar-refractivity contribution in [2.75, 3.05) is 19.6 Å². The minimum atomic E-state index is -1.55. The Bertz CT molecular complexity index is 1280. The topological polar surface area (TPSA) is 112 Å². The molecule has 0 unspecified atom stereocenters. The second-order valence-electron chi connectivity index (χ2n) is 9.44. The Morgan fingerprint density at radius 2 is 1.89 bits per heavy atom. The molecule has 0 spiro atoms. The number of nitrogens with one attached hydrogen (secondary N) is 1. The molecule has 2 radical (unpaired) electrons. The summed E-state index contributed by atoms with van der Waals surface area (Å²) in [6, 6.07) is 15.6. The SMILES string of the molecule is [B]OC(=O)[C@@]1(N2CCCN(/N=C/c3ccc(C)cc3)C2=O)CN2C(=O)[C@@H](NC(=O)Cc3ccccc3)[C@H]2S1. The molecular weight excluding hydrogens is 505 g/mol. The number of amides is 4. The molecule has 1 N–H and O–H groups in total. The van der Waals surface area contributed by atoms with Crippen LogP contribution >= 0.6 is 11.8 Å². The van der Waals surface area contributed by atoms with Crippen molar-refractivity contribution in [3.8, 4) is 0 Å². The predicted molar refractivity (Wildman–Crippen MR) is 142 cm³/mol. The van der Waals surface area contributed by atoms with Gasteiger partial charge in [0.05, 0.1) is 19.2 Å². The molecule has 0 aliphatic carbocycles. The van der Waals surface area contributed by atoms with Gasteiger partial charge in [-0.15, -0.1) is 0 Å². The third-order valence-corrected chi connectivity index (χ3v) is 8.53. The Morgan fingerprint density at radius 3 is 2.61 bits per heavy atom. The molecule has 12 heteroatoms. The van der Waals surface area contributed by atoms with Crippen LogP contribution < -0.4 is 5.32 Å². The minimum Gasteiger partial charge on any atom is -0.541 e. The highest BCUT2D eigenvalue weighted by Crippen LogP contribution is 2.50. The van der Waals surface area contributed by atoms with Crippen LogP contribution in [0.3, 0.4) is 0 Å². The lowest BCUT2D eigenvalue weighted by molar-refractivity contribution is -0.151. The lowest BCUT2D eigenvalue weighted by atomic mass is 10.0. The molecule has 5 rings (SSSR count). The highest BCUT2D eigenvalue weighted by molar-refractivity contribution is 8.02. The van der Waals surface area contributed by atoms with Crippen LogP contribution in [0.1, 0.15) is 23.1 Å². The summed E-state index contributed by atoms with van der Waals surface area (Å²) in [7, 11) is 5.30. The van der Waals surface area contributed by atoms with Gasteiger partial charge < -0.3 is 14.9 Å². The molecular formula is C26H26BN5O5S. The third kappa shape index (κ3) is 4.76. The molecule has 38 heavy (non-hydrogen) atoms. The number of hydrogen-bond donors (Lipinski definition) is 1. The smallest absolute Gasteiger partial charge is 0.378 e. The van der Waals surface area contributed by atoms with E-state index in [2.05, 4.69) is 15.1 Å². The summed E-state index contributed by atoms with van der Waals surface area (Å²) in [5.41, 5.74) is 2.76. The van der Waals surface area contributed by atoms with Crippen molar-refractivity contribution in [3.63, 3.8) is 0 Å². The summed E-state index contributed by atoms with van der Waals surface area (Å²) >= 11 is 1.09. The normalized spacial score (nSPS) is 24.8. The van der Waals surface area contributed by atoms with Gasteiger partial charge in [0.25, 0.3) is 0 Å². The van der Waals surface area contributed by atoms with E-state index in [9.17, 15) is 19.2 Å². The number of hydrazone groups is 1. The van der Waals surface area contributed by atoms with E-state index in [1.807, 2.05) is 61.5 Å². The molecule has 3 heterocycles. The van der Waals surface area contributed by atoms with Crippen molar-refractivity contribution < 1.29 is 23.8 Å². The van der Waals surface area contributed by atoms with Gasteiger partial charge in [0.1, 0.15) is 11.4 Å². The Morgan fingerprint density at radius 1 is 1.16 bits per heavy atom. The number of nitrogens with zero attached hydrogens (tertiary/aromatic N) is 4. The van der Waals surface area contributed by atoms with Crippen molar-refractivity contribution in [1.29, 1.82) is 0 Å². The Hall–Kier alpha value is -3.80. The summed E-state index contributed by atoms with van der Waals surface area (Å²) in [5, 5.41) is 7.88. The van der Waals surface area contributed by atoms with Crippen LogP contribution in [0.25, 0.3) is 0 Å². The van der Waals surface area contributed by atoms with E-state index < -0.39 is 28.3 Å². The number of carbonyl (C=O) groups is 4. The predicted octanol–water partition coefficient (Wildman–Crippen LogP) is 1.42. The number of thioether (sulfide) groups is 1. The zero-order chi connectivity index (χ0) is 26.9. The fourth-order valence-electron chi connectivity index (χ4n) is 4.83. The fraction of sp³-hybridized carbons (Fsp3) is 0.346. The Balaban J connectivity index is 1.31. The number of carbonyl (C=O) groups excluding carboxylic acids is 4. The van der Waals surface area contributed by atoms with E-state index in [0.717, 1.165) is 28.5 Å². The van der Waals surface area contributed by atoms with Crippen molar-refractivity contribution >= 4 is 49.8 Å². The van der Waals surface area contributed by atoms with Gasteiger partial charge in [-0.3, -0.25) is 19.3 Å². The van der Waals surface area contributed by atoms with Crippen molar-refractivity contribution in [1.82, 2.24) is 20.1 Å². The second kappa shape index (κ2) is 10.5. The van der Waals surface area contributed by atoms with Crippen LogP contribution in [0.15, 0.2) is 59.7 Å². The van der Waals surface area contributed by atoms with Crippen molar-refractivity contribution in [2.24, 2.45) is 5.10 Å². The van der Waals surface area contributed by atoms with Crippen molar-refractivity contribution in [2.45, 2.75) is 36.1 Å². The number of fused-ring (bicyclic) bond motifs is 1. The van der Waals surface area contributed by atoms with Gasteiger partial charge in [-0.1, -0.05) is 71.9 Å². The van der Waals surface area contributed by atoms with Gasteiger partial charge in [-0.25, -0.2) is 9.80 Å². The number of rotatable bonds is 7. The highest BCUT2D eigenvalue weighted by atomic mass is 32.2. The molecule has 3 saturated heterocycles. The zero-order valence-electron chi connectivity index (χ0n) is 20.8. The minimum absolute atomic E-state index is 0.0937. The van der Waals surface area contributed by atoms with E-state index in [4.69, 9.17) is 8.05 Å². The lowest BCUT2D eigenvalue weighted by Crippen LogP contribution is -2.68. The average Bonchev–Trinajstić information content (AvgIpc) is 3.29. The number of aryl methyl sites for hydroxylation is 1. The molecule has 2 aromatic rings. The molecule has 0 bridgehead atoms. The molecule has 2 aromatic carbocycles. The first kappa shape index (κ1) is 25.8. The van der Waals surface area contributed by atoms with Crippen LogP contribution in [-0.2, 0) is 25.5 Å². The van der Waals surface area contributed by atoms with Crippen molar-refractivity contribution in [3.05, 3.63) is 71.3 Å². The van der Waals surface area contributed by atoms with E-state index in [0.29, 0.717) is 13.0 Å². The summed E-state index contributed by atoms with van der Waals surface area (Å²) in [6.07, 6.45) is 2.26. The largest absolute Gasteiger partial charge is 0.541 e. The molecule has 3 aliphatic rings. The number of benzene rings is 2. The second-order valence-corrected chi connectivity index (χ2v) is 10.8. The standard InChI is InChI=1S/C26H26BN5O5S/c1-17-8-10-19(11-9-17)15-28-32-13-5-12-31(25(32)36)26(24(35)37-27)16-30-22(34)21(23(30)38-26)29-20(33)14-18-6-3-2-4-7-18/h2-4,6-11,15,21,23H,5,12-14,16H2,1H3,(H,29,33)/b28-15+/t21-,23-,26-/m1/s1. The maximum absolute atomic E-state index is 13.5. The Kier molecular flexibility index (Phi) is 7.16. The zero-order valence-corrected chi connectivity index (χ0v) is 21.6. The van der Waals surface area contributed by atoms with Crippen LogP contribution in [0.4, 0.5) is 4.79 Å². The fourth-order valence-corrected chi connectivity index (χ4v) is 6.51. The summed E-state index contributed by atoms with van der Waals surface area (Å²) in [5.74, 6) is -1.47.